The summed E-state index contributed by atoms with van der Waals surface area (Å²) in [5.74, 6) is 1.58. The largest absolute Gasteiger partial charge is 0.396 e. The Bertz CT molecular complexity index is 770. The molecule has 2 aliphatic heterocycles. The van der Waals surface area contributed by atoms with Crippen LogP contribution in [0, 0.1) is 17.8 Å². The van der Waals surface area contributed by atoms with Gasteiger partial charge in [-0.3, -0.25) is 4.90 Å². The number of nitrogens with one attached hydrogen (secondary N) is 1. The van der Waals surface area contributed by atoms with Crippen LogP contribution in [0.1, 0.15) is 36.6 Å². The molecule has 2 aromatic rings. The van der Waals surface area contributed by atoms with E-state index in [1.165, 1.54) is 41.7 Å². The third-order valence-corrected chi connectivity index (χ3v) is 7.20. The highest BCUT2D eigenvalue weighted by atomic mass is 16.5. The normalized spacial score (nSPS) is 35.2. The molecule has 0 bridgehead atoms. The van der Waals surface area contributed by atoms with E-state index in [1.54, 1.807) is 7.11 Å². The van der Waals surface area contributed by atoms with Gasteiger partial charge in [0.25, 0.3) is 0 Å². The predicted octanol–water partition coefficient (Wildman–Crippen LogP) is 3.12. The van der Waals surface area contributed by atoms with Crippen molar-refractivity contribution in [3.8, 4) is 0 Å². The number of hydrogen-bond donors (Lipinski definition) is 2. The second-order valence-electron chi connectivity index (χ2n) is 8.18. The van der Waals surface area contributed by atoms with Crippen LogP contribution in [0.4, 0.5) is 0 Å². The molecule has 5 atom stereocenters. The van der Waals surface area contributed by atoms with Gasteiger partial charge in [0.2, 0.25) is 0 Å². The number of aliphatic hydroxyl groups excluding tert-OH is 1. The molecule has 3 aliphatic rings. The Morgan fingerprint density at radius 2 is 2.16 bits per heavy atom. The van der Waals surface area contributed by atoms with Crippen molar-refractivity contribution in [3.63, 3.8) is 0 Å². The molecule has 2 fully saturated rings. The Balaban J connectivity index is 1.51. The van der Waals surface area contributed by atoms with Crippen LogP contribution in [0.15, 0.2) is 24.3 Å². The number of nitrogens with zero attached hydrogens (tertiary/aromatic N) is 1. The molecule has 1 aliphatic carbocycles. The number of piperidine rings is 1. The number of aromatic amines is 1. The fraction of sp³-hybridized carbons (Fsp3) is 0.619. The van der Waals surface area contributed by atoms with Crippen LogP contribution >= 0.6 is 0 Å². The molecule has 0 unspecified atom stereocenters. The van der Waals surface area contributed by atoms with Gasteiger partial charge in [-0.1, -0.05) is 18.2 Å². The quantitative estimate of drug-likeness (QED) is 0.883. The molecule has 3 heterocycles. The lowest BCUT2D eigenvalue weighted by Gasteiger charge is -2.52. The summed E-state index contributed by atoms with van der Waals surface area (Å²) in [5.41, 5.74) is 4.23. The van der Waals surface area contributed by atoms with E-state index in [1.807, 2.05) is 0 Å². The molecule has 1 saturated heterocycles. The summed E-state index contributed by atoms with van der Waals surface area (Å²) in [6.07, 6.45) is 4.86. The van der Waals surface area contributed by atoms with E-state index in [2.05, 4.69) is 34.1 Å². The van der Waals surface area contributed by atoms with Crippen molar-refractivity contribution >= 4 is 10.9 Å². The van der Waals surface area contributed by atoms with Crippen LogP contribution in [0.3, 0.4) is 0 Å². The Labute approximate surface area is 149 Å². The van der Waals surface area contributed by atoms with Gasteiger partial charge in [-0.05, 0) is 49.1 Å². The molecule has 1 aromatic heterocycles. The molecule has 25 heavy (non-hydrogen) atoms. The second kappa shape index (κ2) is 6.11. The van der Waals surface area contributed by atoms with E-state index >= 15 is 0 Å². The number of benzene rings is 1. The number of rotatable bonds is 2. The topological polar surface area (TPSA) is 48.5 Å². The van der Waals surface area contributed by atoms with Crippen molar-refractivity contribution in [1.82, 2.24) is 9.88 Å². The van der Waals surface area contributed by atoms with Crippen molar-refractivity contribution in [2.45, 2.75) is 37.8 Å². The minimum Gasteiger partial charge on any atom is -0.396 e. The molecule has 4 nitrogen and oxygen atoms in total. The van der Waals surface area contributed by atoms with Crippen molar-refractivity contribution in [2.75, 3.05) is 26.8 Å². The number of para-hydroxylation sites is 1. The summed E-state index contributed by atoms with van der Waals surface area (Å²) in [7, 11) is 1.80. The highest BCUT2D eigenvalue weighted by Crippen LogP contribution is 2.49. The van der Waals surface area contributed by atoms with Crippen molar-refractivity contribution in [3.05, 3.63) is 35.5 Å². The molecule has 0 amide bonds. The van der Waals surface area contributed by atoms with Crippen LogP contribution in [-0.4, -0.2) is 47.9 Å². The third kappa shape index (κ3) is 2.38. The number of aromatic nitrogens is 1. The minimum atomic E-state index is 0.226. The van der Waals surface area contributed by atoms with Gasteiger partial charge in [0.05, 0.1) is 12.1 Å². The van der Waals surface area contributed by atoms with Gasteiger partial charge in [0.15, 0.2) is 0 Å². The van der Waals surface area contributed by atoms with E-state index in [9.17, 15) is 5.11 Å². The molecular formula is C21H28N2O2. The zero-order chi connectivity index (χ0) is 17.0. The fourth-order valence-electron chi connectivity index (χ4n) is 5.98. The van der Waals surface area contributed by atoms with Crippen LogP contribution in [0.25, 0.3) is 10.9 Å². The Morgan fingerprint density at radius 1 is 1.28 bits per heavy atom. The van der Waals surface area contributed by atoms with Gasteiger partial charge in [0.1, 0.15) is 0 Å². The molecule has 1 saturated carbocycles. The zero-order valence-corrected chi connectivity index (χ0v) is 14.9. The number of hydrogen-bond acceptors (Lipinski definition) is 3. The summed E-state index contributed by atoms with van der Waals surface area (Å²) < 4.78 is 5.72. The molecule has 2 N–H and O–H groups in total. The highest BCUT2D eigenvalue weighted by Gasteiger charge is 2.46. The number of aliphatic hydroxyl groups is 1. The van der Waals surface area contributed by atoms with Gasteiger partial charge in [-0.25, -0.2) is 0 Å². The lowest BCUT2D eigenvalue weighted by Crippen LogP contribution is -2.52. The van der Waals surface area contributed by atoms with Gasteiger partial charge >= 0.3 is 0 Å². The first-order chi connectivity index (χ1) is 12.3. The summed E-state index contributed by atoms with van der Waals surface area (Å²) >= 11 is 0. The lowest BCUT2D eigenvalue weighted by atomic mass is 9.65. The average Bonchev–Trinajstić information content (AvgIpc) is 3.04. The number of H-pyrrole nitrogens is 1. The smallest absolute Gasteiger partial charge is 0.0624 e. The first-order valence-corrected chi connectivity index (χ1v) is 9.77. The van der Waals surface area contributed by atoms with Crippen LogP contribution in [0.2, 0.25) is 0 Å². The Hall–Kier alpha value is -1.36. The standard InChI is InChI=1S/C21H28N2O2/c1-25-20-7-6-13-11-23-9-8-15-14-4-2-3-5-18(14)22-21(15)19(23)10-16(13)17(20)12-24/h2-5,13,16-17,19-20,22,24H,6-12H2,1H3/t13-,16-,17+,19+,20-/m1/s1. The molecule has 5 rings (SSSR count). The van der Waals surface area contributed by atoms with E-state index in [0.717, 1.165) is 19.3 Å². The monoisotopic (exact) mass is 340 g/mol. The molecule has 0 spiro atoms. The predicted molar refractivity (Wildman–Crippen MR) is 98.5 cm³/mol. The lowest BCUT2D eigenvalue weighted by molar-refractivity contribution is -0.0866. The van der Waals surface area contributed by atoms with Crippen molar-refractivity contribution in [1.29, 1.82) is 0 Å². The Morgan fingerprint density at radius 3 is 3.00 bits per heavy atom. The third-order valence-electron chi connectivity index (χ3n) is 7.20. The number of ether oxygens (including phenoxy) is 1. The summed E-state index contributed by atoms with van der Waals surface area (Å²) in [5, 5.41) is 11.4. The SMILES string of the molecule is CO[C@@H]1CC[C@@H]2CN3CCc4c([nH]c5ccccc45)[C@@H]3C[C@H]2[C@@H]1CO. The minimum absolute atomic E-state index is 0.226. The van der Waals surface area contributed by atoms with E-state index in [-0.39, 0.29) is 12.7 Å². The van der Waals surface area contributed by atoms with Crippen molar-refractivity contribution in [2.24, 2.45) is 17.8 Å². The van der Waals surface area contributed by atoms with Crippen molar-refractivity contribution < 1.29 is 9.84 Å². The van der Waals surface area contributed by atoms with E-state index in [0.29, 0.717) is 23.8 Å². The van der Waals surface area contributed by atoms with Gasteiger partial charge in [-0.2, -0.15) is 0 Å². The maximum atomic E-state index is 10.0. The fourth-order valence-corrected chi connectivity index (χ4v) is 5.98. The molecule has 4 heteroatoms. The summed E-state index contributed by atoms with van der Waals surface area (Å²) in [6.45, 7) is 2.60. The van der Waals surface area contributed by atoms with E-state index in [4.69, 9.17) is 4.74 Å². The first-order valence-electron chi connectivity index (χ1n) is 9.77. The summed E-state index contributed by atoms with van der Waals surface area (Å²) in [6, 6.07) is 9.19. The molecular weight excluding hydrogens is 312 g/mol. The van der Waals surface area contributed by atoms with Gasteiger partial charge in [0, 0.05) is 49.3 Å². The maximum Gasteiger partial charge on any atom is 0.0624 e. The van der Waals surface area contributed by atoms with Crippen LogP contribution in [0.5, 0.6) is 0 Å². The maximum absolute atomic E-state index is 10.0. The Kier molecular flexibility index (Phi) is 3.88. The molecule has 134 valence electrons. The van der Waals surface area contributed by atoms with Crippen LogP contribution in [-0.2, 0) is 11.2 Å². The number of fused-ring (bicyclic) bond motifs is 6. The van der Waals surface area contributed by atoms with Crippen LogP contribution < -0.4 is 0 Å². The molecule has 1 aromatic carbocycles. The second-order valence-corrected chi connectivity index (χ2v) is 8.18. The van der Waals surface area contributed by atoms with Gasteiger partial charge in [-0.15, -0.1) is 0 Å². The summed E-state index contributed by atoms with van der Waals surface area (Å²) in [4.78, 5) is 6.43. The van der Waals surface area contributed by atoms with E-state index < -0.39 is 0 Å². The zero-order valence-electron chi connectivity index (χ0n) is 14.9. The molecule has 0 radical (unpaired) electrons. The van der Waals surface area contributed by atoms with Gasteiger partial charge < -0.3 is 14.8 Å². The number of methoxy groups -OCH3 is 1. The first kappa shape index (κ1) is 15.9. The highest BCUT2D eigenvalue weighted by molar-refractivity contribution is 5.85. The average molecular weight is 340 g/mol.